The Bertz CT molecular complexity index is 1240. The fourth-order valence-corrected chi connectivity index (χ4v) is 5.55. The van der Waals surface area contributed by atoms with Gasteiger partial charge in [-0.3, -0.25) is 4.79 Å². The number of piperazine rings is 1. The second-order valence-corrected chi connectivity index (χ2v) is 9.16. The summed E-state index contributed by atoms with van der Waals surface area (Å²) in [6.45, 7) is 5.27. The number of furan rings is 1. The highest BCUT2D eigenvalue weighted by Crippen LogP contribution is 2.34. The minimum absolute atomic E-state index is 0.0766. The van der Waals surface area contributed by atoms with Crippen LogP contribution >= 0.6 is 23.1 Å². The van der Waals surface area contributed by atoms with Gasteiger partial charge in [0.1, 0.15) is 0 Å². The van der Waals surface area contributed by atoms with Gasteiger partial charge in [0.05, 0.1) is 16.8 Å². The minimum atomic E-state index is -0.0766. The SMILES string of the molecule is CCOc1cccc2cc(C(=O)N3CCN(c4nc5c(SC)cccc5s4)CC3)oc12. The summed E-state index contributed by atoms with van der Waals surface area (Å²) in [5.74, 6) is 0.955. The van der Waals surface area contributed by atoms with E-state index in [1.54, 1.807) is 23.1 Å². The van der Waals surface area contributed by atoms with Crippen LogP contribution in [0.3, 0.4) is 0 Å². The standard InChI is InChI=1S/C23H23N3O3S2/c1-3-28-16-7-4-6-15-14-17(29-21(15)16)22(27)25-10-12-26(13-11-25)23-24-20-18(30-2)8-5-9-19(20)31-23/h4-9,14H,3,10-13H2,1-2H3. The Balaban J connectivity index is 1.31. The average Bonchev–Trinajstić information content (AvgIpc) is 3.44. The van der Waals surface area contributed by atoms with Crippen LogP contribution in [-0.2, 0) is 0 Å². The van der Waals surface area contributed by atoms with E-state index in [1.165, 1.54) is 9.60 Å². The highest BCUT2D eigenvalue weighted by atomic mass is 32.2. The summed E-state index contributed by atoms with van der Waals surface area (Å²) in [5, 5.41) is 1.90. The quantitative estimate of drug-likeness (QED) is 0.391. The largest absolute Gasteiger partial charge is 0.490 e. The Morgan fingerprint density at radius 2 is 2.00 bits per heavy atom. The van der Waals surface area contributed by atoms with Crippen molar-refractivity contribution in [3.63, 3.8) is 0 Å². The van der Waals surface area contributed by atoms with Crippen LogP contribution in [0.1, 0.15) is 17.5 Å². The van der Waals surface area contributed by atoms with Crippen LogP contribution in [0, 0.1) is 0 Å². The molecule has 8 heteroatoms. The lowest BCUT2D eigenvalue weighted by atomic mass is 10.2. The smallest absolute Gasteiger partial charge is 0.289 e. The van der Waals surface area contributed by atoms with E-state index in [9.17, 15) is 4.79 Å². The lowest BCUT2D eigenvalue weighted by Gasteiger charge is -2.34. The van der Waals surface area contributed by atoms with E-state index in [0.717, 1.165) is 29.1 Å². The summed E-state index contributed by atoms with van der Waals surface area (Å²) in [6.07, 6.45) is 2.08. The first-order chi connectivity index (χ1) is 15.2. The third kappa shape index (κ3) is 3.74. The molecule has 1 amide bonds. The molecule has 1 aliphatic heterocycles. The molecule has 0 saturated carbocycles. The first kappa shape index (κ1) is 20.2. The molecule has 1 saturated heterocycles. The zero-order chi connectivity index (χ0) is 21.4. The second-order valence-electron chi connectivity index (χ2n) is 7.30. The molecule has 0 bridgehead atoms. The number of thioether (sulfide) groups is 1. The summed E-state index contributed by atoms with van der Waals surface area (Å²) in [4.78, 5) is 23.3. The molecule has 1 aliphatic rings. The van der Waals surface area contributed by atoms with Crippen molar-refractivity contribution in [3.05, 3.63) is 48.2 Å². The third-order valence-corrected chi connectivity index (χ3v) is 7.30. The zero-order valence-electron chi connectivity index (χ0n) is 17.5. The number of ether oxygens (including phenoxy) is 1. The van der Waals surface area contributed by atoms with Gasteiger partial charge in [0.25, 0.3) is 5.91 Å². The maximum Gasteiger partial charge on any atom is 0.289 e. The molecule has 31 heavy (non-hydrogen) atoms. The molecule has 1 fully saturated rings. The summed E-state index contributed by atoms with van der Waals surface area (Å²) < 4.78 is 12.7. The Hall–Kier alpha value is -2.71. The molecule has 3 heterocycles. The Morgan fingerprint density at radius 3 is 2.77 bits per heavy atom. The first-order valence-corrected chi connectivity index (χ1v) is 12.3. The lowest BCUT2D eigenvalue weighted by molar-refractivity contribution is 0.0717. The van der Waals surface area contributed by atoms with Crippen LogP contribution in [-0.4, -0.2) is 54.8 Å². The molecular formula is C23H23N3O3S2. The van der Waals surface area contributed by atoms with Gasteiger partial charge in [0, 0.05) is 36.5 Å². The molecule has 2 aromatic carbocycles. The van der Waals surface area contributed by atoms with E-state index in [-0.39, 0.29) is 5.91 Å². The molecule has 160 valence electrons. The van der Waals surface area contributed by atoms with Gasteiger partial charge < -0.3 is 19.0 Å². The molecule has 4 aromatic rings. The zero-order valence-corrected chi connectivity index (χ0v) is 19.1. The highest BCUT2D eigenvalue weighted by Gasteiger charge is 2.26. The number of hydrogen-bond donors (Lipinski definition) is 0. The van der Waals surface area contributed by atoms with E-state index in [4.69, 9.17) is 14.1 Å². The number of nitrogens with zero attached hydrogens (tertiary/aromatic N) is 3. The molecule has 0 N–H and O–H groups in total. The third-order valence-electron chi connectivity index (χ3n) is 5.45. The van der Waals surface area contributed by atoms with E-state index in [2.05, 4.69) is 29.4 Å². The molecule has 0 radical (unpaired) electrons. The topological polar surface area (TPSA) is 58.8 Å². The number of carbonyl (C=O) groups excluding carboxylic acids is 1. The maximum absolute atomic E-state index is 13.1. The summed E-state index contributed by atoms with van der Waals surface area (Å²) in [6, 6.07) is 13.8. The van der Waals surface area contributed by atoms with Crippen molar-refractivity contribution in [2.45, 2.75) is 11.8 Å². The Labute approximate surface area is 188 Å². The molecule has 6 nitrogen and oxygen atoms in total. The first-order valence-electron chi connectivity index (χ1n) is 10.3. The van der Waals surface area contributed by atoms with Crippen molar-refractivity contribution in [3.8, 4) is 5.75 Å². The van der Waals surface area contributed by atoms with Gasteiger partial charge in [0.15, 0.2) is 22.2 Å². The molecular weight excluding hydrogens is 430 g/mol. The van der Waals surface area contributed by atoms with E-state index in [0.29, 0.717) is 36.8 Å². The highest BCUT2D eigenvalue weighted by molar-refractivity contribution is 7.98. The predicted octanol–water partition coefficient (Wildman–Crippen LogP) is 5.13. The van der Waals surface area contributed by atoms with Crippen LogP contribution in [0.5, 0.6) is 5.75 Å². The van der Waals surface area contributed by atoms with E-state index < -0.39 is 0 Å². The number of fused-ring (bicyclic) bond motifs is 2. The summed E-state index contributed by atoms with van der Waals surface area (Å²) in [7, 11) is 0. The number of amides is 1. The predicted molar refractivity (Wildman–Crippen MR) is 127 cm³/mol. The summed E-state index contributed by atoms with van der Waals surface area (Å²) >= 11 is 3.43. The normalized spacial score (nSPS) is 14.5. The van der Waals surface area contributed by atoms with Crippen molar-refractivity contribution in [2.24, 2.45) is 0 Å². The number of aromatic nitrogens is 1. The second kappa shape index (κ2) is 8.43. The molecule has 0 aliphatic carbocycles. The van der Waals surface area contributed by atoms with Crippen molar-refractivity contribution in [1.29, 1.82) is 0 Å². The number of rotatable bonds is 5. The molecule has 0 atom stereocenters. The van der Waals surface area contributed by atoms with Crippen molar-refractivity contribution in [1.82, 2.24) is 9.88 Å². The van der Waals surface area contributed by atoms with Gasteiger partial charge in [-0.2, -0.15) is 0 Å². The molecule has 0 spiro atoms. The van der Waals surface area contributed by atoms with E-state index >= 15 is 0 Å². The fraction of sp³-hybridized carbons (Fsp3) is 0.304. The number of carbonyl (C=O) groups is 1. The van der Waals surface area contributed by atoms with Crippen LogP contribution in [0.15, 0.2) is 51.8 Å². The maximum atomic E-state index is 13.1. The Morgan fingerprint density at radius 1 is 1.19 bits per heavy atom. The van der Waals surface area contributed by atoms with Crippen molar-refractivity contribution < 1.29 is 13.9 Å². The van der Waals surface area contributed by atoms with Gasteiger partial charge in [-0.1, -0.05) is 29.5 Å². The number of benzene rings is 2. The van der Waals surface area contributed by atoms with Gasteiger partial charge >= 0.3 is 0 Å². The molecule has 2 aromatic heterocycles. The number of anilines is 1. The van der Waals surface area contributed by atoms with Crippen molar-refractivity contribution in [2.75, 3.05) is 43.9 Å². The lowest BCUT2D eigenvalue weighted by Crippen LogP contribution is -2.48. The van der Waals surface area contributed by atoms with Gasteiger partial charge in [-0.25, -0.2) is 4.98 Å². The number of hydrogen-bond acceptors (Lipinski definition) is 7. The van der Waals surface area contributed by atoms with Crippen LogP contribution in [0.25, 0.3) is 21.2 Å². The van der Waals surface area contributed by atoms with Gasteiger partial charge in [-0.15, -0.1) is 11.8 Å². The van der Waals surface area contributed by atoms with Gasteiger partial charge in [0.2, 0.25) is 0 Å². The Kier molecular flexibility index (Phi) is 5.50. The van der Waals surface area contributed by atoms with Crippen LogP contribution < -0.4 is 9.64 Å². The molecule has 5 rings (SSSR count). The number of para-hydroxylation sites is 2. The van der Waals surface area contributed by atoms with Crippen LogP contribution in [0.2, 0.25) is 0 Å². The average molecular weight is 454 g/mol. The monoisotopic (exact) mass is 453 g/mol. The number of thiazole rings is 1. The van der Waals surface area contributed by atoms with Gasteiger partial charge in [-0.05, 0) is 37.4 Å². The molecule has 0 unspecified atom stereocenters. The summed E-state index contributed by atoms with van der Waals surface area (Å²) in [5.41, 5.74) is 1.70. The van der Waals surface area contributed by atoms with Crippen LogP contribution in [0.4, 0.5) is 5.13 Å². The van der Waals surface area contributed by atoms with E-state index in [1.807, 2.05) is 36.1 Å². The van der Waals surface area contributed by atoms with Crippen molar-refractivity contribution >= 4 is 55.3 Å². The fourth-order valence-electron chi connectivity index (χ4n) is 3.88. The minimum Gasteiger partial charge on any atom is -0.490 e.